The molecule has 0 saturated heterocycles. The molecule has 1 aliphatic rings. The monoisotopic (exact) mass is 144 g/mol. The SMILES string of the molecule is CC1=C(O)C(=O)C(C)(O)O1. The zero-order valence-electron chi connectivity index (χ0n) is 5.71. The number of ether oxygens (including phenoxy) is 1. The molecule has 0 fully saturated rings. The molecule has 0 aromatic rings. The predicted octanol–water partition coefficient (Wildman–Crippen LogP) is 0.0837. The van der Waals surface area contributed by atoms with Crippen LogP contribution in [0.4, 0.5) is 0 Å². The fourth-order valence-corrected chi connectivity index (χ4v) is 0.772. The highest BCUT2D eigenvalue weighted by atomic mass is 16.6. The van der Waals surface area contributed by atoms with Crippen LogP contribution in [0.15, 0.2) is 11.5 Å². The number of hydrogen-bond acceptors (Lipinski definition) is 4. The van der Waals surface area contributed by atoms with E-state index in [9.17, 15) is 4.79 Å². The number of Topliss-reactive ketones (excluding diaryl/α,β-unsaturated/α-hetero) is 1. The van der Waals surface area contributed by atoms with Gasteiger partial charge in [0, 0.05) is 6.92 Å². The molecule has 10 heavy (non-hydrogen) atoms. The lowest BCUT2D eigenvalue weighted by atomic mass is 10.2. The highest BCUT2D eigenvalue weighted by Gasteiger charge is 2.42. The van der Waals surface area contributed by atoms with Gasteiger partial charge in [-0.1, -0.05) is 0 Å². The summed E-state index contributed by atoms with van der Waals surface area (Å²) in [6.07, 6.45) is 0. The second-order valence-corrected chi connectivity index (χ2v) is 2.32. The molecule has 0 radical (unpaired) electrons. The quantitative estimate of drug-likeness (QED) is 0.505. The van der Waals surface area contributed by atoms with Crippen LogP contribution in [0.5, 0.6) is 0 Å². The highest BCUT2D eigenvalue weighted by molar-refractivity contribution is 6.00. The normalized spacial score (nSPS) is 32.9. The van der Waals surface area contributed by atoms with E-state index in [-0.39, 0.29) is 5.76 Å². The predicted molar refractivity (Wildman–Crippen MR) is 32.0 cm³/mol. The van der Waals surface area contributed by atoms with Gasteiger partial charge in [0.25, 0.3) is 11.6 Å². The Morgan fingerprint density at radius 2 is 2.10 bits per heavy atom. The summed E-state index contributed by atoms with van der Waals surface area (Å²) in [5.74, 6) is -3.08. The maximum absolute atomic E-state index is 10.8. The Morgan fingerprint density at radius 3 is 2.20 bits per heavy atom. The van der Waals surface area contributed by atoms with Gasteiger partial charge < -0.3 is 14.9 Å². The lowest BCUT2D eigenvalue weighted by Crippen LogP contribution is -2.33. The van der Waals surface area contributed by atoms with Crippen molar-refractivity contribution in [1.29, 1.82) is 0 Å². The summed E-state index contributed by atoms with van der Waals surface area (Å²) in [5, 5.41) is 17.9. The first kappa shape index (κ1) is 7.08. The molecular weight excluding hydrogens is 136 g/mol. The molecule has 0 aliphatic carbocycles. The fraction of sp³-hybridized carbons (Fsp3) is 0.500. The maximum Gasteiger partial charge on any atom is 0.272 e. The average Bonchev–Trinajstić information content (AvgIpc) is 1.95. The number of aliphatic hydroxyl groups excluding tert-OH is 1. The van der Waals surface area contributed by atoms with Gasteiger partial charge in [0.15, 0.2) is 0 Å². The molecule has 0 bridgehead atoms. The smallest absolute Gasteiger partial charge is 0.272 e. The summed E-state index contributed by atoms with van der Waals surface area (Å²) in [6.45, 7) is 2.59. The van der Waals surface area contributed by atoms with Gasteiger partial charge in [-0.25, -0.2) is 0 Å². The molecule has 56 valence electrons. The Morgan fingerprint density at radius 1 is 1.60 bits per heavy atom. The van der Waals surface area contributed by atoms with Crippen LogP contribution in [-0.4, -0.2) is 21.8 Å². The summed E-state index contributed by atoms with van der Waals surface area (Å²) in [7, 11) is 0. The molecule has 1 heterocycles. The highest BCUT2D eigenvalue weighted by Crippen LogP contribution is 2.25. The van der Waals surface area contributed by atoms with Crippen molar-refractivity contribution in [1.82, 2.24) is 0 Å². The van der Waals surface area contributed by atoms with E-state index in [1.807, 2.05) is 0 Å². The summed E-state index contributed by atoms with van der Waals surface area (Å²) in [5.41, 5.74) is 0. The van der Waals surface area contributed by atoms with E-state index in [1.165, 1.54) is 13.8 Å². The van der Waals surface area contributed by atoms with Crippen LogP contribution in [-0.2, 0) is 9.53 Å². The van der Waals surface area contributed by atoms with Gasteiger partial charge in [0.1, 0.15) is 5.76 Å². The van der Waals surface area contributed by atoms with Crippen LogP contribution < -0.4 is 0 Å². The number of carbonyl (C=O) groups is 1. The van der Waals surface area contributed by atoms with Gasteiger partial charge in [-0.05, 0) is 6.92 Å². The molecule has 4 nitrogen and oxygen atoms in total. The van der Waals surface area contributed by atoms with Crippen molar-refractivity contribution in [2.45, 2.75) is 19.6 Å². The first-order chi connectivity index (χ1) is 4.45. The van der Waals surface area contributed by atoms with Crippen molar-refractivity contribution in [3.8, 4) is 0 Å². The first-order valence-corrected chi connectivity index (χ1v) is 2.81. The molecule has 1 atom stereocenters. The molecule has 1 aliphatic heterocycles. The summed E-state index contributed by atoms with van der Waals surface area (Å²) in [4.78, 5) is 10.8. The number of ketones is 1. The van der Waals surface area contributed by atoms with E-state index in [4.69, 9.17) is 10.2 Å². The van der Waals surface area contributed by atoms with E-state index in [0.717, 1.165) is 0 Å². The fourth-order valence-electron chi connectivity index (χ4n) is 0.772. The summed E-state index contributed by atoms with van der Waals surface area (Å²) in [6, 6.07) is 0. The van der Waals surface area contributed by atoms with Crippen molar-refractivity contribution in [3.63, 3.8) is 0 Å². The molecule has 0 aromatic carbocycles. The van der Waals surface area contributed by atoms with E-state index in [2.05, 4.69) is 4.74 Å². The Bertz CT molecular complexity index is 214. The molecule has 0 spiro atoms. The second kappa shape index (κ2) is 1.73. The van der Waals surface area contributed by atoms with E-state index in [0.29, 0.717) is 0 Å². The zero-order valence-corrected chi connectivity index (χ0v) is 5.71. The van der Waals surface area contributed by atoms with Crippen LogP contribution in [0.3, 0.4) is 0 Å². The lowest BCUT2D eigenvalue weighted by Gasteiger charge is -2.13. The molecule has 0 aromatic heterocycles. The minimum absolute atomic E-state index is 0.0648. The minimum Gasteiger partial charge on any atom is -0.502 e. The number of hydrogen-bond donors (Lipinski definition) is 2. The van der Waals surface area contributed by atoms with Crippen LogP contribution in [0.1, 0.15) is 13.8 Å². The molecule has 4 heteroatoms. The van der Waals surface area contributed by atoms with Crippen molar-refractivity contribution < 1.29 is 19.7 Å². The van der Waals surface area contributed by atoms with Crippen LogP contribution in [0, 0.1) is 0 Å². The van der Waals surface area contributed by atoms with Crippen LogP contribution in [0.25, 0.3) is 0 Å². The van der Waals surface area contributed by atoms with Crippen molar-refractivity contribution in [2.75, 3.05) is 0 Å². The van der Waals surface area contributed by atoms with Gasteiger partial charge in [0.2, 0.25) is 5.76 Å². The standard InChI is InChI=1S/C6H8O4/c1-3-4(7)5(8)6(2,9)10-3/h7,9H,1-2H3. The summed E-state index contributed by atoms with van der Waals surface area (Å²) >= 11 is 0. The van der Waals surface area contributed by atoms with E-state index >= 15 is 0 Å². The van der Waals surface area contributed by atoms with Gasteiger partial charge in [0.05, 0.1) is 0 Å². The number of rotatable bonds is 0. The number of carbonyl (C=O) groups excluding carboxylic acids is 1. The number of aliphatic hydroxyl groups is 2. The molecule has 1 unspecified atom stereocenters. The van der Waals surface area contributed by atoms with Gasteiger partial charge in [-0.2, -0.15) is 0 Å². The van der Waals surface area contributed by atoms with Gasteiger partial charge >= 0.3 is 0 Å². The topological polar surface area (TPSA) is 66.8 Å². The molecule has 0 amide bonds. The largest absolute Gasteiger partial charge is 0.502 e. The second-order valence-electron chi connectivity index (χ2n) is 2.32. The van der Waals surface area contributed by atoms with Gasteiger partial charge in [-0.3, -0.25) is 4.79 Å². The lowest BCUT2D eigenvalue weighted by molar-refractivity contribution is -0.170. The van der Waals surface area contributed by atoms with Crippen molar-refractivity contribution >= 4 is 5.78 Å². The van der Waals surface area contributed by atoms with Crippen LogP contribution >= 0.6 is 0 Å². The van der Waals surface area contributed by atoms with E-state index < -0.39 is 17.3 Å². The molecule has 1 rings (SSSR count). The minimum atomic E-state index is -1.87. The average molecular weight is 144 g/mol. The zero-order chi connectivity index (χ0) is 7.94. The summed E-state index contributed by atoms with van der Waals surface area (Å²) < 4.78 is 4.61. The Hall–Kier alpha value is -1.03. The third kappa shape index (κ3) is 0.769. The van der Waals surface area contributed by atoms with E-state index in [1.54, 1.807) is 0 Å². The molecule has 0 saturated carbocycles. The Labute approximate surface area is 57.7 Å². The molecular formula is C6H8O4. The van der Waals surface area contributed by atoms with Gasteiger partial charge in [-0.15, -0.1) is 0 Å². The van der Waals surface area contributed by atoms with Crippen molar-refractivity contribution in [2.24, 2.45) is 0 Å². The third-order valence-electron chi connectivity index (χ3n) is 1.32. The Balaban J connectivity index is 2.99. The van der Waals surface area contributed by atoms with Crippen molar-refractivity contribution in [3.05, 3.63) is 11.5 Å². The maximum atomic E-state index is 10.8. The Kier molecular flexibility index (Phi) is 1.22. The molecule has 2 N–H and O–H groups in total. The van der Waals surface area contributed by atoms with Crippen LogP contribution in [0.2, 0.25) is 0 Å². The first-order valence-electron chi connectivity index (χ1n) is 2.81. The third-order valence-corrected chi connectivity index (χ3v) is 1.32. The number of allylic oxidation sites excluding steroid dienone is 1.